The number of rotatable bonds is 7. The normalized spacial score (nSPS) is 10.2. The van der Waals surface area contributed by atoms with E-state index in [1.807, 2.05) is 14.1 Å². The van der Waals surface area contributed by atoms with Crippen LogP contribution in [-0.4, -0.2) is 59.5 Å². The first-order chi connectivity index (χ1) is 10.9. The smallest absolute Gasteiger partial charge is 0.257 e. The number of methoxy groups -OCH3 is 3. The van der Waals surface area contributed by atoms with E-state index in [-0.39, 0.29) is 11.0 Å². The van der Waals surface area contributed by atoms with Crippen molar-refractivity contribution in [2.75, 3.05) is 48.5 Å². The third-order valence-corrected chi connectivity index (χ3v) is 3.31. The maximum atomic E-state index is 12.3. The van der Waals surface area contributed by atoms with Crippen LogP contribution < -0.4 is 29.7 Å². The van der Waals surface area contributed by atoms with Crippen molar-refractivity contribution in [1.29, 1.82) is 0 Å². The maximum absolute atomic E-state index is 12.3. The van der Waals surface area contributed by atoms with Crippen molar-refractivity contribution < 1.29 is 23.9 Å². The zero-order chi connectivity index (χ0) is 17.4. The van der Waals surface area contributed by atoms with Gasteiger partial charge in [-0.1, -0.05) is 0 Å². The highest BCUT2D eigenvalue weighted by Crippen LogP contribution is 2.38. The summed E-state index contributed by atoms with van der Waals surface area (Å²) in [6, 6.07) is 3.15. The van der Waals surface area contributed by atoms with Gasteiger partial charge < -0.3 is 24.4 Å². The minimum atomic E-state index is -0.348. The first-order valence-corrected chi connectivity index (χ1v) is 7.52. The van der Waals surface area contributed by atoms with Crippen molar-refractivity contribution in [3.63, 3.8) is 0 Å². The fraction of sp³-hybridized carbons (Fsp3) is 0.467. The molecule has 0 aliphatic carbocycles. The Morgan fingerprint density at radius 1 is 1.13 bits per heavy atom. The molecule has 0 atom stereocenters. The average molecular weight is 342 g/mol. The molecule has 1 aromatic rings. The SMILES string of the molecule is COc1cc(C(=O)NC(=S)NCC[NH+](C)C)cc(OC)c1OC. The van der Waals surface area contributed by atoms with Gasteiger partial charge in [0.05, 0.1) is 48.5 Å². The van der Waals surface area contributed by atoms with Gasteiger partial charge >= 0.3 is 0 Å². The lowest BCUT2D eigenvalue weighted by Crippen LogP contribution is -3.06. The third-order valence-electron chi connectivity index (χ3n) is 3.06. The van der Waals surface area contributed by atoms with Gasteiger partial charge in [0.2, 0.25) is 5.75 Å². The minimum Gasteiger partial charge on any atom is -0.493 e. The standard InChI is InChI=1S/C15H23N3O4S/c1-18(2)7-6-16-15(23)17-14(19)10-8-11(20-3)13(22-5)12(9-10)21-4/h8-9H,6-7H2,1-5H3,(H2,16,17,19,23)/p+1. The molecular weight excluding hydrogens is 318 g/mol. The van der Waals surface area contributed by atoms with Crippen LogP contribution in [0.2, 0.25) is 0 Å². The molecule has 1 rings (SSSR count). The molecule has 0 saturated carbocycles. The van der Waals surface area contributed by atoms with Crippen molar-refractivity contribution in [3.05, 3.63) is 17.7 Å². The highest BCUT2D eigenvalue weighted by atomic mass is 32.1. The summed E-state index contributed by atoms with van der Waals surface area (Å²) in [6.45, 7) is 1.57. The van der Waals surface area contributed by atoms with E-state index in [1.54, 1.807) is 12.1 Å². The average Bonchev–Trinajstić information content (AvgIpc) is 2.52. The number of likely N-dealkylation sites (N-methyl/N-ethyl adjacent to an activating group) is 1. The molecule has 0 aromatic heterocycles. The van der Waals surface area contributed by atoms with Crippen LogP contribution >= 0.6 is 12.2 Å². The lowest BCUT2D eigenvalue weighted by atomic mass is 10.1. The summed E-state index contributed by atoms with van der Waals surface area (Å²) in [5.74, 6) is 0.902. The van der Waals surface area contributed by atoms with Gasteiger partial charge in [-0.3, -0.25) is 10.1 Å². The predicted molar refractivity (Wildman–Crippen MR) is 91.8 cm³/mol. The number of ether oxygens (including phenoxy) is 3. The molecule has 3 N–H and O–H groups in total. The molecule has 0 radical (unpaired) electrons. The van der Waals surface area contributed by atoms with Gasteiger partial charge in [-0.15, -0.1) is 0 Å². The van der Waals surface area contributed by atoms with E-state index in [4.69, 9.17) is 26.4 Å². The monoisotopic (exact) mass is 342 g/mol. The quantitative estimate of drug-likeness (QED) is 0.578. The molecule has 0 heterocycles. The van der Waals surface area contributed by atoms with Gasteiger partial charge in [-0.25, -0.2) is 0 Å². The third kappa shape index (κ3) is 5.57. The first-order valence-electron chi connectivity index (χ1n) is 7.11. The Labute approximate surface area is 141 Å². The molecule has 128 valence electrons. The summed E-state index contributed by atoms with van der Waals surface area (Å²) in [4.78, 5) is 13.6. The van der Waals surface area contributed by atoms with Crippen molar-refractivity contribution in [2.24, 2.45) is 0 Å². The van der Waals surface area contributed by atoms with Gasteiger partial charge in [-0.2, -0.15) is 0 Å². The van der Waals surface area contributed by atoms with Gasteiger partial charge in [0.1, 0.15) is 0 Å². The van der Waals surface area contributed by atoms with E-state index in [9.17, 15) is 4.79 Å². The van der Waals surface area contributed by atoms with Crippen molar-refractivity contribution in [3.8, 4) is 17.2 Å². The Balaban J connectivity index is 2.81. The molecule has 7 nitrogen and oxygen atoms in total. The predicted octanol–water partition coefficient (Wildman–Crippen LogP) is -0.539. The highest BCUT2D eigenvalue weighted by Gasteiger charge is 2.17. The number of benzene rings is 1. The van der Waals surface area contributed by atoms with E-state index in [2.05, 4.69) is 10.6 Å². The highest BCUT2D eigenvalue weighted by molar-refractivity contribution is 7.80. The summed E-state index contributed by atoms with van der Waals surface area (Å²) < 4.78 is 15.7. The number of amides is 1. The van der Waals surface area contributed by atoms with Gasteiger partial charge in [0.25, 0.3) is 5.91 Å². The molecule has 1 amide bonds. The van der Waals surface area contributed by atoms with Gasteiger partial charge in [0.15, 0.2) is 16.6 Å². The van der Waals surface area contributed by atoms with Gasteiger partial charge in [-0.05, 0) is 24.4 Å². The summed E-state index contributed by atoms with van der Waals surface area (Å²) in [6.07, 6.45) is 0. The molecule has 0 aliphatic heterocycles. The zero-order valence-electron chi connectivity index (χ0n) is 14.1. The topological polar surface area (TPSA) is 73.3 Å². The molecule has 0 aliphatic rings. The number of hydrogen-bond acceptors (Lipinski definition) is 5. The Kier molecular flexibility index (Phi) is 7.56. The van der Waals surface area contributed by atoms with Crippen LogP contribution in [0.25, 0.3) is 0 Å². The van der Waals surface area contributed by atoms with Crippen molar-refractivity contribution in [2.45, 2.75) is 0 Å². The molecule has 0 spiro atoms. The molecule has 0 bridgehead atoms. The Bertz CT molecular complexity index is 539. The largest absolute Gasteiger partial charge is 0.493 e. The van der Waals surface area contributed by atoms with Crippen LogP contribution in [0.5, 0.6) is 17.2 Å². The second-order valence-corrected chi connectivity index (χ2v) is 5.49. The van der Waals surface area contributed by atoms with E-state index in [0.29, 0.717) is 29.4 Å². The molecule has 0 unspecified atom stereocenters. The van der Waals surface area contributed by atoms with Crippen molar-refractivity contribution >= 4 is 23.2 Å². The van der Waals surface area contributed by atoms with E-state index in [0.717, 1.165) is 6.54 Å². The van der Waals surface area contributed by atoms with Crippen LogP contribution in [0.1, 0.15) is 10.4 Å². The fourth-order valence-electron chi connectivity index (χ4n) is 1.86. The summed E-state index contributed by atoms with van der Waals surface area (Å²) >= 11 is 5.11. The number of nitrogens with one attached hydrogen (secondary N) is 3. The van der Waals surface area contributed by atoms with Crippen LogP contribution in [0.3, 0.4) is 0 Å². The Morgan fingerprint density at radius 3 is 2.13 bits per heavy atom. The Hall–Kier alpha value is -2.06. The summed E-state index contributed by atoms with van der Waals surface area (Å²) in [7, 11) is 8.58. The second-order valence-electron chi connectivity index (χ2n) is 5.08. The molecule has 0 fully saturated rings. The van der Waals surface area contributed by atoms with E-state index >= 15 is 0 Å². The number of carbonyl (C=O) groups excluding carboxylic acids is 1. The number of quaternary nitrogens is 1. The lowest BCUT2D eigenvalue weighted by Gasteiger charge is -2.15. The van der Waals surface area contributed by atoms with Crippen LogP contribution in [0.4, 0.5) is 0 Å². The van der Waals surface area contributed by atoms with Crippen LogP contribution in [0, 0.1) is 0 Å². The van der Waals surface area contributed by atoms with Crippen molar-refractivity contribution in [1.82, 2.24) is 10.6 Å². The zero-order valence-corrected chi connectivity index (χ0v) is 14.9. The fourth-order valence-corrected chi connectivity index (χ4v) is 2.05. The van der Waals surface area contributed by atoms with E-state index < -0.39 is 0 Å². The Morgan fingerprint density at radius 2 is 1.70 bits per heavy atom. The first kappa shape index (κ1) is 19.0. The van der Waals surface area contributed by atoms with Crippen LogP contribution in [0.15, 0.2) is 12.1 Å². The minimum absolute atomic E-state index is 0.282. The van der Waals surface area contributed by atoms with Crippen LogP contribution in [-0.2, 0) is 0 Å². The second kappa shape index (κ2) is 9.16. The van der Waals surface area contributed by atoms with E-state index in [1.165, 1.54) is 26.2 Å². The number of thiocarbonyl (C=S) groups is 1. The maximum Gasteiger partial charge on any atom is 0.257 e. The number of carbonyl (C=O) groups is 1. The molecule has 1 aromatic carbocycles. The molecular formula is C15H24N3O4S+. The lowest BCUT2D eigenvalue weighted by molar-refractivity contribution is -0.856. The molecule has 23 heavy (non-hydrogen) atoms. The summed E-state index contributed by atoms with van der Waals surface area (Å²) in [5.41, 5.74) is 0.363. The number of hydrogen-bond donors (Lipinski definition) is 3. The summed E-state index contributed by atoms with van der Waals surface area (Å²) in [5, 5.41) is 5.90. The molecule has 0 saturated heterocycles. The molecule has 8 heteroatoms. The van der Waals surface area contributed by atoms with Gasteiger partial charge in [0, 0.05) is 5.56 Å².